The summed E-state index contributed by atoms with van der Waals surface area (Å²) < 4.78 is 0. The van der Waals surface area contributed by atoms with Crippen LogP contribution in [0.4, 0.5) is 0 Å². The molecule has 122 valence electrons. The van der Waals surface area contributed by atoms with E-state index in [-0.39, 0.29) is 30.7 Å². The Bertz CT molecular complexity index is 251. The van der Waals surface area contributed by atoms with Crippen molar-refractivity contribution in [3.63, 3.8) is 0 Å². The lowest BCUT2D eigenvalue weighted by atomic mass is 10.1. The summed E-state index contributed by atoms with van der Waals surface area (Å²) in [6.07, 6.45) is 7.60. The molecule has 20 heavy (non-hydrogen) atoms. The first kappa shape index (κ1) is 22.3. The largest absolute Gasteiger partial charge is 0.355 e. The summed E-state index contributed by atoms with van der Waals surface area (Å²) in [5.41, 5.74) is 4.94. The van der Waals surface area contributed by atoms with Crippen molar-refractivity contribution >= 4 is 30.7 Å². The van der Waals surface area contributed by atoms with E-state index in [1.807, 2.05) is 0 Å². The maximum Gasteiger partial charge on any atom is 0.239 e. The lowest BCUT2D eigenvalue weighted by Crippen LogP contribution is -2.49. The normalized spacial score (nSPS) is 15.9. The van der Waals surface area contributed by atoms with Gasteiger partial charge >= 0.3 is 0 Å². The van der Waals surface area contributed by atoms with Gasteiger partial charge in [0.05, 0.1) is 5.54 Å². The zero-order valence-corrected chi connectivity index (χ0v) is 14.5. The van der Waals surface area contributed by atoms with Crippen LogP contribution in [-0.2, 0) is 4.79 Å². The van der Waals surface area contributed by atoms with Crippen LogP contribution in [0.3, 0.4) is 0 Å². The molecule has 0 atom stereocenters. The highest BCUT2D eigenvalue weighted by Crippen LogP contribution is 2.09. The highest BCUT2D eigenvalue weighted by molar-refractivity contribution is 5.85. The number of nitrogens with zero attached hydrogens (tertiary/aromatic N) is 1. The van der Waals surface area contributed by atoms with Crippen LogP contribution in [0.2, 0.25) is 0 Å². The number of carbonyl (C=O) groups excluding carboxylic acids is 1. The molecule has 1 fully saturated rings. The van der Waals surface area contributed by atoms with E-state index >= 15 is 0 Å². The van der Waals surface area contributed by atoms with Crippen LogP contribution in [0.15, 0.2) is 0 Å². The summed E-state index contributed by atoms with van der Waals surface area (Å²) in [6, 6.07) is 0. The Morgan fingerprint density at radius 2 is 1.70 bits per heavy atom. The molecule has 0 aromatic carbocycles. The molecule has 0 aliphatic carbocycles. The molecule has 0 radical (unpaired) electrons. The second-order valence-corrected chi connectivity index (χ2v) is 5.94. The van der Waals surface area contributed by atoms with Gasteiger partial charge in [0, 0.05) is 6.54 Å². The monoisotopic (exact) mass is 327 g/mol. The van der Waals surface area contributed by atoms with Crippen LogP contribution in [0.5, 0.6) is 0 Å². The lowest BCUT2D eigenvalue weighted by molar-refractivity contribution is -0.125. The number of piperidine rings is 1. The van der Waals surface area contributed by atoms with E-state index in [1.54, 1.807) is 13.8 Å². The quantitative estimate of drug-likeness (QED) is 0.705. The smallest absolute Gasteiger partial charge is 0.239 e. The summed E-state index contributed by atoms with van der Waals surface area (Å²) >= 11 is 0. The van der Waals surface area contributed by atoms with Crippen LogP contribution in [-0.4, -0.2) is 42.5 Å². The Morgan fingerprint density at radius 1 is 1.10 bits per heavy atom. The maximum absolute atomic E-state index is 11.5. The van der Waals surface area contributed by atoms with Gasteiger partial charge in [0.2, 0.25) is 5.91 Å². The summed E-state index contributed by atoms with van der Waals surface area (Å²) in [6.45, 7) is 7.99. The molecule has 0 spiro atoms. The third kappa shape index (κ3) is 9.81. The number of likely N-dealkylation sites (tertiary alicyclic amines) is 1. The van der Waals surface area contributed by atoms with Crippen molar-refractivity contribution < 1.29 is 4.79 Å². The van der Waals surface area contributed by atoms with E-state index in [4.69, 9.17) is 5.73 Å². The summed E-state index contributed by atoms with van der Waals surface area (Å²) in [7, 11) is 0. The average Bonchev–Trinajstić information content (AvgIpc) is 2.33. The van der Waals surface area contributed by atoms with Crippen molar-refractivity contribution in [3.05, 3.63) is 0 Å². The Morgan fingerprint density at radius 3 is 2.25 bits per heavy atom. The van der Waals surface area contributed by atoms with Crippen molar-refractivity contribution in [2.24, 2.45) is 5.73 Å². The molecule has 1 heterocycles. The minimum Gasteiger partial charge on any atom is -0.355 e. The van der Waals surface area contributed by atoms with E-state index in [1.165, 1.54) is 51.7 Å². The molecule has 3 N–H and O–H groups in total. The summed E-state index contributed by atoms with van der Waals surface area (Å²) in [4.78, 5) is 14.1. The Kier molecular flexibility index (Phi) is 12.9. The van der Waals surface area contributed by atoms with Gasteiger partial charge in [0.15, 0.2) is 0 Å². The standard InChI is InChI=1S/C14H29N3O.2ClH/c1-14(2,15)13(18)16-9-5-3-6-10-17-11-7-4-8-12-17;;/h3-12,15H2,1-2H3,(H,16,18);2*1H. The van der Waals surface area contributed by atoms with Gasteiger partial charge in [-0.3, -0.25) is 4.79 Å². The summed E-state index contributed by atoms with van der Waals surface area (Å²) in [5.74, 6) is -0.0569. The molecule has 6 heteroatoms. The van der Waals surface area contributed by atoms with Crippen LogP contribution >= 0.6 is 24.8 Å². The van der Waals surface area contributed by atoms with Crippen LogP contribution in [0.1, 0.15) is 52.4 Å². The van der Waals surface area contributed by atoms with Crippen molar-refractivity contribution in [2.45, 2.75) is 57.9 Å². The van der Waals surface area contributed by atoms with E-state index in [9.17, 15) is 4.79 Å². The molecule has 0 unspecified atom stereocenters. The van der Waals surface area contributed by atoms with E-state index in [0.717, 1.165) is 13.0 Å². The Balaban J connectivity index is 0. The molecular weight excluding hydrogens is 297 g/mol. The topological polar surface area (TPSA) is 58.4 Å². The van der Waals surface area contributed by atoms with Gasteiger partial charge < -0.3 is 16.0 Å². The molecule has 1 aliphatic rings. The van der Waals surface area contributed by atoms with Gasteiger partial charge in [-0.05, 0) is 59.2 Å². The van der Waals surface area contributed by atoms with Crippen molar-refractivity contribution in [2.75, 3.05) is 26.2 Å². The van der Waals surface area contributed by atoms with E-state index < -0.39 is 5.54 Å². The number of carbonyl (C=O) groups is 1. The zero-order valence-electron chi connectivity index (χ0n) is 12.8. The van der Waals surface area contributed by atoms with Gasteiger partial charge in [-0.25, -0.2) is 0 Å². The second-order valence-electron chi connectivity index (χ2n) is 5.94. The lowest BCUT2D eigenvalue weighted by Gasteiger charge is -2.26. The molecule has 0 saturated carbocycles. The molecular formula is C14H31Cl2N3O. The number of hydrogen-bond acceptors (Lipinski definition) is 3. The molecule has 1 rings (SSSR count). The molecule has 1 amide bonds. The van der Waals surface area contributed by atoms with Gasteiger partial charge in [-0.15, -0.1) is 24.8 Å². The molecule has 1 saturated heterocycles. The van der Waals surface area contributed by atoms with E-state index in [2.05, 4.69) is 10.2 Å². The predicted octanol–water partition coefficient (Wildman–Crippen LogP) is 2.34. The molecule has 0 bridgehead atoms. The van der Waals surface area contributed by atoms with Crippen LogP contribution < -0.4 is 11.1 Å². The Labute approximate surface area is 136 Å². The third-order valence-electron chi connectivity index (χ3n) is 3.47. The molecule has 0 aromatic heterocycles. The number of hydrogen-bond donors (Lipinski definition) is 2. The van der Waals surface area contributed by atoms with E-state index in [0.29, 0.717) is 0 Å². The van der Waals surface area contributed by atoms with Crippen LogP contribution in [0.25, 0.3) is 0 Å². The Hall–Kier alpha value is -0.0300. The second kappa shape index (κ2) is 11.6. The average molecular weight is 328 g/mol. The number of rotatable bonds is 7. The van der Waals surface area contributed by atoms with Gasteiger partial charge in [-0.2, -0.15) is 0 Å². The highest BCUT2D eigenvalue weighted by atomic mass is 35.5. The van der Waals surface area contributed by atoms with Gasteiger partial charge in [0.1, 0.15) is 0 Å². The SMILES string of the molecule is CC(C)(N)C(=O)NCCCCCN1CCCCC1.Cl.Cl. The molecule has 0 aromatic rings. The van der Waals surface area contributed by atoms with Crippen molar-refractivity contribution in [1.29, 1.82) is 0 Å². The zero-order chi connectivity index (χ0) is 13.4. The summed E-state index contributed by atoms with van der Waals surface area (Å²) in [5, 5.41) is 2.88. The fraction of sp³-hybridized carbons (Fsp3) is 0.929. The molecule has 1 aliphatic heterocycles. The minimum absolute atomic E-state index is 0. The third-order valence-corrected chi connectivity index (χ3v) is 3.47. The number of nitrogens with one attached hydrogen (secondary N) is 1. The number of halogens is 2. The maximum atomic E-state index is 11.5. The number of amides is 1. The number of unbranched alkanes of at least 4 members (excludes halogenated alkanes) is 2. The first-order valence-electron chi connectivity index (χ1n) is 7.30. The van der Waals surface area contributed by atoms with Crippen LogP contribution in [0, 0.1) is 0 Å². The minimum atomic E-state index is -0.756. The van der Waals surface area contributed by atoms with Crippen molar-refractivity contribution in [1.82, 2.24) is 10.2 Å². The first-order valence-corrected chi connectivity index (χ1v) is 7.30. The van der Waals surface area contributed by atoms with Crippen molar-refractivity contribution in [3.8, 4) is 0 Å². The predicted molar refractivity (Wildman–Crippen MR) is 89.9 cm³/mol. The fourth-order valence-electron chi connectivity index (χ4n) is 2.25. The fourth-order valence-corrected chi connectivity index (χ4v) is 2.25. The van der Waals surface area contributed by atoms with Gasteiger partial charge in [-0.1, -0.05) is 12.8 Å². The molecule has 4 nitrogen and oxygen atoms in total. The number of nitrogens with two attached hydrogens (primary N) is 1. The van der Waals surface area contributed by atoms with Gasteiger partial charge in [0.25, 0.3) is 0 Å². The highest BCUT2D eigenvalue weighted by Gasteiger charge is 2.20. The first-order chi connectivity index (χ1) is 8.50.